The molecule has 1 amide bonds. The third-order valence-electron chi connectivity index (χ3n) is 2.47. The molecule has 0 aliphatic rings. The predicted octanol–water partition coefficient (Wildman–Crippen LogP) is 4.40. The van der Waals surface area contributed by atoms with Crippen molar-refractivity contribution in [3.8, 4) is 5.75 Å². The van der Waals surface area contributed by atoms with Crippen LogP contribution in [0, 0.1) is 6.92 Å². The number of nitrogens with one attached hydrogen (secondary N) is 1. The van der Waals surface area contributed by atoms with E-state index in [2.05, 4.69) is 58.3 Å². The molecule has 1 aromatic heterocycles. The predicted molar refractivity (Wildman–Crippen MR) is 94.2 cm³/mol. The molecule has 0 bridgehead atoms. The van der Waals surface area contributed by atoms with Crippen molar-refractivity contribution in [3.05, 3.63) is 49.2 Å². The molecule has 2 aromatic rings. The van der Waals surface area contributed by atoms with Crippen molar-refractivity contribution < 1.29 is 13.9 Å². The molecule has 0 aliphatic heterocycles. The number of benzene rings is 1. The normalized spacial score (nSPS) is 10.9. The number of carbonyl (C=O) groups is 1. The summed E-state index contributed by atoms with van der Waals surface area (Å²) in [6.07, 6.45) is 1.40. The van der Waals surface area contributed by atoms with E-state index >= 15 is 0 Å². The lowest BCUT2D eigenvalue weighted by atomic mass is 10.2. The second-order valence-corrected chi connectivity index (χ2v) is 6.77. The number of aryl methyl sites for hydroxylation is 1. The van der Waals surface area contributed by atoms with Gasteiger partial charge in [-0.2, -0.15) is 5.10 Å². The Labute approximate surface area is 152 Å². The summed E-state index contributed by atoms with van der Waals surface area (Å²) in [6, 6.07) is 7.27. The van der Waals surface area contributed by atoms with Crippen molar-refractivity contribution in [2.45, 2.75) is 6.92 Å². The number of furan rings is 1. The highest BCUT2D eigenvalue weighted by molar-refractivity contribution is 9.11. The van der Waals surface area contributed by atoms with Crippen molar-refractivity contribution >= 4 is 59.9 Å². The Morgan fingerprint density at radius 1 is 1.32 bits per heavy atom. The van der Waals surface area contributed by atoms with Crippen LogP contribution in [0.3, 0.4) is 0 Å². The third kappa shape index (κ3) is 4.96. The summed E-state index contributed by atoms with van der Waals surface area (Å²) in [5.41, 5.74) is 3.43. The van der Waals surface area contributed by atoms with E-state index in [0.717, 1.165) is 14.5 Å². The fraction of sp³-hybridized carbons (Fsp3) is 0.143. The standard InChI is InChI=1S/C14H11Br3N2O3/c1-8-4-10(15)14(11(16)5-8)21-7-13(20)19-18-6-9-2-3-12(17)22-9/h2-6H,7H2,1H3,(H,19,20). The summed E-state index contributed by atoms with van der Waals surface area (Å²) in [4.78, 5) is 11.7. The van der Waals surface area contributed by atoms with E-state index in [-0.39, 0.29) is 12.5 Å². The number of nitrogens with zero attached hydrogens (tertiary/aromatic N) is 1. The average Bonchev–Trinajstić information content (AvgIpc) is 2.83. The summed E-state index contributed by atoms with van der Waals surface area (Å²) < 4.78 is 12.8. The Morgan fingerprint density at radius 3 is 2.59 bits per heavy atom. The molecular formula is C14H11Br3N2O3. The summed E-state index contributed by atoms with van der Waals surface area (Å²) in [7, 11) is 0. The first-order valence-electron chi connectivity index (χ1n) is 6.11. The van der Waals surface area contributed by atoms with Gasteiger partial charge in [0.05, 0.1) is 15.2 Å². The van der Waals surface area contributed by atoms with Crippen LogP contribution >= 0.6 is 47.8 Å². The average molecular weight is 495 g/mol. The lowest BCUT2D eigenvalue weighted by molar-refractivity contribution is -0.123. The van der Waals surface area contributed by atoms with Crippen LogP contribution in [0.2, 0.25) is 0 Å². The lowest BCUT2D eigenvalue weighted by Gasteiger charge is -2.10. The van der Waals surface area contributed by atoms with Crippen LogP contribution in [-0.2, 0) is 4.79 Å². The van der Waals surface area contributed by atoms with Gasteiger partial charge in [0.2, 0.25) is 0 Å². The molecule has 1 heterocycles. The van der Waals surface area contributed by atoms with Gasteiger partial charge in [0.15, 0.2) is 11.3 Å². The van der Waals surface area contributed by atoms with Crippen LogP contribution < -0.4 is 10.2 Å². The van der Waals surface area contributed by atoms with Gasteiger partial charge in [-0.25, -0.2) is 5.43 Å². The van der Waals surface area contributed by atoms with Gasteiger partial charge in [-0.3, -0.25) is 4.79 Å². The highest BCUT2D eigenvalue weighted by Crippen LogP contribution is 2.34. The summed E-state index contributed by atoms with van der Waals surface area (Å²) in [6.45, 7) is 1.81. The van der Waals surface area contributed by atoms with Gasteiger partial charge in [-0.1, -0.05) is 0 Å². The van der Waals surface area contributed by atoms with E-state index in [9.17, 15) is 4.79 Å². The Bertz CT molecular complexity index is 690. The fourth-order valence-electron chi connectivity index (χ4n) is 1.56. The zero-order chi connectivity index (χ0) is 16.1. The van der Waals surface area contributed by atoms with Crippen LogP contribution in [0.5, 0.6) is 5.75 Å². The Morgan fingerprint density at radius 2 is 2.00 bits per heavy atom. The van der Waals surface area contributed by atoms with Gasteiger partial charge >= 0.3 is 0 Å². The van der Waals surface area contributed by atoms with Crippen molar-refractivity contribution in [1.29, 1.82) is 0 Å². The maximum Gasteiger partial charge on any atom is 0.277 e. The first kappa shape index (κ1) is 17.2. The van der Waals surface area contributed by atoms with Gasteiger partial charge in [-0.15, -0.1) is 0 Å². The quantitative estimate of drug-likeness (QED) is 0.495. The molecule has 0 aliphatic carbocycles. The molecular weight excluding hydrogens is 484 g/mol. The Hall–Kier alpha value is -1.12. The number of ether oxygens (including phenoxy) is 1. The number of hydrogen-bond acceptors (Lipinski definition) is 4. The monoisotopic (exact) mass is 492 g/mol. The summed E-state index contributed by atoms with van der Waals surface area (Å²) in [5.74, 6) is 0.720. The SMILES string of the molecule is Cc1cc(Br)c(OCC(=O)NN=Cc2ccc(Br)o2)c(Br)c1. The summed E-state index contributed by atoms with van der Waals surface area (Å²) >= 11 is 9.98. The minimum absolute atomic E-state index is 0.153. The largest absolute Gasteiger partial charge is 0.481 e. The molecule has 0 spiro atoms. The van der Waals surface area contributed by atoms with E-state index in [1.165, 1.54) is 6.21 Å². The van der Waals surface area contributed by atoms with E-state index in [1.54, 1.807) is 12.1 Å². The number of rotatable bonds is 5. The van der Waals surface area contributed by atoms with Crippen molar-refractivity contribution in [2.75, 3.05) is 6.61 Å². The molecule has 8 heteroatoms. The zero-order valence-corrected chi connectivity index (χ0v) is 16.2. The summed E-state index contributed by atoms with van der Waals surface area (Å²) in [5, 5.41) is 3.78. The van der Waals surface area contributed by atoms with Crippen LogP contribution in [-0.4, -0.2) is 18.7 Å². The topological polar surface area (TPSA) is 63.8 Å². The van der Waals surface area contributed by atoms with Crippen LogP contribution in [0.15, 0.2) is 47.4 Å². The minimum Gasteiger partial charge on any atom is -0.481 e. The lowest BCUT2D eigenvalue weighted by Crippen LogP contribution is -2.24. The second kappa shape index (κ2) is 7.94. The number of amides is 1. The molecule has 5 nitrogen and oxygen atoms in total. The van der Waals surface area contributed by atoms with Crippen molar-refractivity contribution in [3.63, 3.8) is 0 Å². The highest BCUT2D eigenvalue weighted by Gasteiger charge is 2.10. The molecule has 0 unspecified atom stereocenters. The molecule has 116 valence electrons. The number of hydrogen-bond donors (Lipinski definition) is 1. The fourth-order valence-corrected chi connectivity index (χ4v) is 3.52. The van der Waals surface area contributed by atoms with Gasteiger partial charge in [0.25, 0.3) is 5.91 Å². The number of hydrazone groups is 1. The maximum atomic E-state index is 11.7. The molecule has 0 saturated heterocycles. The van der Waals surface area contributed by atoms with Gasteiger partial charge in [0, 0.05) is 0 Å². The Kier molecular flexibility index (Phi) is 6.22. The van der Waals surface area contributed by atoms with E-state index < -0.39 is 0 Å². The van der Waals surface area contributed by atoms with Crippen LogP contribution in [0.25, 0.3) is 0 Å². The minimum atomic E-state index is -0.374. The van der Waals surface area contributed by atoms with Gasteiger partial charge in [0.1, 0.15) is 11.5 Å². The van der Waals surface area contributed by atoms with Crippen LogP contribution in [0.1, 0.15) is 11.3 Å². The molecule has 1 N–H and O–H groups in total. The van der Waals surface area contributed by atoms with Gasteiger partial charge in [-0.05, 0) is 84.5 Å². The molecule has 0 saturated carbocycles. The van der Waals surface area contributed by atoms with E-state index in [1.807, 2.05) is 19.1 Å². The first-order chi connectivity index (χ1) is 10.5. The van der Waals surface area contributed by atoms with Crippen LogP contribution in [0.4, 0.5) is 0 Å². The zero-order valence-electron chi connectivity index (χ0n) is 11.4. The number of carbonyl (C=O) groups excluding carboxylic acids is 1. The highest BCUT2D eigenvalue weighted by atomic mass is 79.9. The second-order valence-electron chi connectivity index (χ2n) is 4.28. The smallest absolute Gasteiger partial charge is 0.277 e. The molecule has 2 rings (SSSR count). The van der Waals surface area contributed by atoms with E-state index in [0.29, 0.717) is 16.2 Å². The maximum absolute atomic E-state index is 11.7. The third-order valence-corrected chi connectivity index (χ3v) is 4.07. The van der Waals surface area contributed by atoms with Crippen molar-refractivity contribution in [2.24, 2.45) is 5.10 Å². The molecule has 0 radical (unpaired) electrons. The molecule has 22 heavy (non-hydrogen) atoms. The van der Waals surface area contributed by atoms with E-state index in [4.69, 9.17) is 9.15 Å². The molecule has 0 fully saturated rings. The first-order valence-corrected chi connectivity index (χ1v) is 8.49. The molecule has 1 aromatic carbocycles. The van der Waals surface area contributed by atoms with Gasteiger partial charge < -0.3 is 9.15 Å². The Balaban J connectivity index is 1.87. The van der Waals surface area contributed by atoms with Crippen molar-refractivity contribution in [1.82, 2.24) is 5.43 Å². The molecule has 0 atom stereocenters. The number of halogens is 3.